The van der Waals surface area contributed by atoms with Gasteiger partial charge in [0, 0.05) is 16.8 Å². The Hall–Kier alpha value is -1.44. The fraction of sp³-hybridized carbons (Fsp3) is 0.308. The number of aromatic nitrogens is 1. The first kappa shape index (κ1) is 15.0. The molecule has 0 spiro atoms. The average Bonchev–Trinajstić information content (AvgIpc) is 2.93. The summed E-state index contributed by atoms with van der Waals surface area (Å²) in [6.07, 6.45) is 2.78. The fourth-order valence-electron chi connectivity index (χ4n) is 1.67. The lowest BCUT2D eigenvalue weighted by Crippen LogP contribution is -2.18. The van der Waals surface area contributed by atoms with Crippen molar-refractivity contribution in [2.45, 2.75) is 24.8 Å². The fourth-order valence-corrected chi connectivity index (χ4v) is 3.25. The largest absolute Gasteiger partial charge is 0.380 e. The molecule has 1 heterocycles. The minimum atomic E-state index is -3.40. The van der Waals surface area contributed by atoms with E-state index in [1.54, 1.807) is 29.5 Å². The number of anilines is 1. The van der Waals surface area contributed by atoms with Gasteiger partial charge in [0.1, 0.15) is 0 Å². The van der Waals surface area contributed by atoms with E-state index in [9.17, 15) is 8.42 Å². The van der Waals surface area contributed by atoms with Crippen molar-refractivity contribution in [2.24, 2.45) is 0 Å². The molecule has 1 aromatic carbocycles. The maximum atomic E-state index is 11.7. The van der Waals surface area contributed by atoms with Gasteiger partial charge in [-0.2, -0.15) is 0 Å². The lowest BCUT2D eigenvalue weighted by atomic mass is 10.3. The van der Waals surface area contributed by atoms with E-state index in [4.69, 9.17) is 0 Å². The van der Waals surface area contributed by atoms with E-state index in [-0.39, 0.29) is 4.90 Å². The Bertz CT molecular complexity index is 680. The summed E-state index contributed by atoms with van der Waals surface area (Å²) in [5.74, 6) is 0. The van der Waals surface area contributed by atoms with E-state index >= 15 is 0 Å². The molecular weight excluding hydrogens is 294 g/mol. The zero-order valence-corrected chi connectivity index (χ0v) is 13.0. The highest BCUT2D eigenvalue weighted by Gasteiger charge is 2.11. The monoisotopic (exact) mass is 311 g/mol. The summed E-state index contributed by atoms with van der Waals surface area (Å²) in [6, 6.07) is 6.75. The van der Waals surface area contributed by atoms with Gasteiger partial charge in [-0.1, -0.05) is 13.0 Å². The molecule has 2 aromatic rings. The van der Waals surface area contributed by atoms with Gasteiger partial charge in [0.2, 0.25) is 10.0 Å². The molecule has 0 atom stereocenters. The Kier molecular flexibility index (Phi) is 4.74. The molecule has 1 aromatic heterocycles. The molecule has 0 amide bonds. The second kappa shape index (κ2) is 6.34. The molecule has 2 N–H and O–H groups in total. The van der Waals surface area contributed by atoms with E-state index in [2.05, 4.69) is 21.9 Å². The average molecular weight is 311 g/mol. The third kappa shape index (κ3) is 3.56. The Balaban J connectivity index is 2.08. The van der Waals surface area contributed by atoms with Crippen LogP contribution in [0.1, 0.15) is 16.8 Å². The van der Waals surface area contributed by atoms with Gasteiger partial charge in [-0.15, -0.1) is 11.3 Å². The molecule has 2 rings (SSSR count). The van der Waals surface area contributed by atoms with Crippen molar-refractivity contribution in [1.29, 1.82) is 0 Å². The molecule has 0 bridgehead atoms. The van der Waals surface area contributed by atoms with Crippen LogP contribution in [0.25, 0.3) is 0 Å². The van der Waals surface area contributed by atoms with Crippen LogP contribution in [0.2, 0.25) is 0 Å². The lowest BCUT2D eigenvalue weighted by molar-refractivity contribution is 0.588. The van der Waals surface area contributed by atoms with Gasteiger partial charge >= 0.3 is 0 Å². The predicted octanol–water partition coefficient (Wildman–Crippen LogP) is 2.23. The van der Waals surface area contributed by atoms with Crippen molar-refractivity contribution in [3.8, 4) is 0 Å². The number of nitrogens with zero attached hydrogens (tertiary/aromatic N) is 1. The second-order valence-electron chi connectivity index (χ2n) is 4.16. The van der Waals surface area contributed by atoms with Gasteiger partial charge in [-0.05, 0) is 31.7 Å². The molecule has 0 radical (unpaired) electrons. The molecule has 0 saturated carbocycles. The van der Waals surface area contributed by atoms with Crippen LogP contribution < -0.4 is 10.0 Å². The molecule has 0 aliphatic heterocycles. The molecular formula is C13H17N3O2S2. The number of rotatable bonds is 6. The minimum Gasteiger partial charge on any atom is -0.380 e. The molecule has 0 fully saturated rings. The van der Waals surface area contributed by atoms with E-state index in [1.165, 1.54) is 7.05 Å². The van der Waals surface area contributed by atoms with Crippen molar-refractivity contribution in [1.82, 2.24) is 9.71 Å². The van der Waals surface area contributed by atoms with Crippen LogP contribution in [0.3, 0.4) is 0 Å². The zero-order chi connectivity index (χ0) is 14.6. The number of nitrogens with one attached hydrogen (secondary N) is 2. The number of hydrogen-bond donors (Lipinski definition) is 2. The maximum absolute atomic E-state index is 11.7. The molecule has 0 aliphatic carbocycles. The lowest BCUT2D eigenvalue weighted by Gasteiger charge is -2.07. The topological polar surface area (TPSA) is 71.1 Å². The molecule has 20 heavy (non-hydrogen) atoms. The Labute approximate surface area is 123 Å². The summed E-state index contributed by atoms with van der Waals surface area (Å²) in [5, 5.41) is 4.32. The Morgan fingerprint density at radius 2 is 2.15 bits per heavy atom. The van der Waals surface area contributed by atoms with Crippen LogP contribution >= 0.6 is 11.3 Å². The highest BCUT2D eigenvalue weighted by atomic mass is 32.2. The summed E-state index contributed by atoms with van der Waals surface area (Å²) < 4.78 is 25.8. The highest BCUT2D eigenvalue weighted by Crippen LogP contribution is 2.18. The molecule has 0 unspecified atom stereocenters. The second-order valence-corrected chi connectivity index (χ2v) is 7.25. The molecule has 108 valence electrons. The van der Waals surface area contributed by atoms with Crippen molar-refractivity contribution in [3.05, 3.63) is 40.3 Å². The standard InChI is InChI=1S/C13H17N3O2S2/c1-3-13-16-9-11(19-13)8-15-10-5-4-6-12(7-10)20(17,18)14-2/h4-7,9,14-15H,3,8H2,1-2H3. The van der Waals surface area contributed by atoms with Crippen LogP contribution in [0.15, 0.2) is 35.4 Å². The summed E-state index contributed by atoms with van der Waals surface area (Å²) >= 11 is 1.66. The van der Waals surface area contributed by atoms with Gasteiger partial charge in [-0.3, -0.25) is 0 Å². The first-order valence-corrected chi connectivity index (χ1v) is 8.56. The first-order chi connectivity index (χ1) is 9.55. The minimum absolute atomic E-state index is 0.253. The quantitative estimate of drug-likeness (QED) is 0.858. The van der Waals surface area contributed by atoms with Crippen molar-refractivity contribution < 1.29 is 8.42 Å². The van der Waals surface area contributed by atoms with Crippen LogP contribution in [-0.2, 0) is 23.0 Å². The van der Waals surface area contributed by atoms with E-state index in [1.807, 2.05) is 12.3 Å². The third-order valence-corrected chi connectivity index (χ3v) is 5.34. The van der Waals surface area contributed by atoms with Gasteiger partial charge < -0.3 is 5.32 Å². The van der Waals surface area contributed by atoms with Crippen molar-refractivity contribution >= 4 is 27.0 Å². The molecule has 7 heteroatoms. The van der Waals surface area contributed by atoms with Crippen LogP contribution in [0.4, 0.5) is 5.69 Å². The molecule has 0 aliphatic rings. The third-order valence-electron chi connectivity index (χ3n) is 2.78. The first-order valence-electron chi connectivity index (χ1n) is 6.26. The normalized spacial score (nSPS) is 11.5. The Morgan fingerprint density at radius 1 is 1.35 bits per heavy atom. The predicted molar refractivity (Wildman–Crippen MR) is 81.5 cm³/mol. The molecule has 0 saturated heterocycles. The summed E-state index contributed by atoms with van der Waals surface area (Å²) in [5.41, 5.74) is 0.771. The van der Waals surface area contributed by atoms with Crippen LogP contribution in [-0.4, -0.2) is 20.4 Å². The van der Waals surface area contributed by atoms with Gasteiger partial charge in [0.05, 0.1) is 16.4 Å². The highest BCUT2D eigenvalue weighted by molar-refractivity contribution is 7.89. The molecule has 5 nitrogen and oxygen atoms in total. The zero-order valence-electron chi connectivity index (χ0n) is 11.4. The summed E-state index contributed by atoms with van der Waals surface area (Å²) in [4.78, 5) is 5.67. The van der Waals surface area contributed by atoms with E-state index in [0.717, 1.165) is 22.0 Å². The smallest absolute Gasteiger partial charge is 0.240 e. The van der Waals surface area contributed by atoms with E-state index < -0.39 is 10.0 Å². The number of thiazole rings is 1. The van der Waals surface area contributed by atoms with Crippen LogP contribution in [0, 0.1) is 0 Å². The number of aryl methyl sites for hydroxylation is 1. The number of benzene rings is 1. The summed E-state index contributed by atoms with van der Waals surface area (Å²) in [7, 11) is -2.00. The van der Waals surface area contributed by atoms with Crippen LogP contribution in [0.5, 0.6) is 0 Å². The summed E-state index contributed by atoms with van der Waals surface area (Å²) in [6.45, 7) is 2.71. The van der Waals surface area contributed by atoms with Gasteiger partial charge in [0.15, 0.2) is 0 Å². The number of hydrogen-bond acceptors (Lipinski definition) is 5. The maximum Gasteiger partial charge on any atom is 0.240 e. The van der Waals surface area contributed by atoms with Crippen molar-refractivity contribution in [2.75, 3.05) is 12.4 Å². The van der Waals surface area contributed by atoms with Crippen molar-refractivity contribution in [3.63, 3.8) is 0 Å². The van der Waals surface area contributed by atoms with Gasteiger partial charge in [-0.25, -0.2) is 18.1 Å². The number of sulfonamides is 1. The Morgan fingerprint density at radius 3 is 2.80 bits per heavy atom. The van der Waals surface area contributed by atoms with Gasteiger partial charge in [0.25, 0.3) is 0 Å². The SMILES string of the molecule is CCc1ncc(CNc2cccc(S(=O)(=O)NC)c2)s1. The van der Waals surface area contributed by atoms with E-state index in [0.29, 0.717) is 6.54 Å².